The number of para-hydroxylation sites is 2. The lowest BCUT2D eigenvalue weighted by atomic mass is 10.0. The molecule has 1 aliphatic rings. The lowest BCUT2D eigenvalue weighted by Crippen LogP contribution is -2.45. The van der Waals surface area contributed by atoms with Crippen molar-refractivity contribution in [2.45, 2.75) is 26.6 Å². The van der Waals surface area contributed by atoms with E-state index in [2.05, 4.69) is 37.3 Å². The highest BCUT2D eigenvalue weighted by Gasteiger charge is 2.32. The van der Waals surface area contributed by atoms with Gasteiger partial charge in [-0.05, 0) is 67.1 Å². The van der Waals surface area contributed by atoms with E-state index >= 15 is 0 Å². The molecule has 13 heteroatoms. The lowest BCUT2D eigenvalue weighted by molar-refractivity contribution is -0.137. The van der Waals surface area contributed by atoms with Gasteiger partial charge in [-0.3, -0.25) is 14.3 Å². The number of alkyl halides is 3. The largest absolute Gasteiger partial charge is 0.416 e. The molecule has 1 saturated heterocycles. The Labute approximate surface area is 264 Å². The highest BCUT2D eigenvalue weighted by molar-refractivity contribution is 6.04. The van der Waals surface area contributed by atoms with Crippen molar-refractivity contribution in [3.8, 4) is 5.82 Å². The highest BCUT2D eigenvalue weighted by Crippen LogP contribution is 2.32. The summed E-state index contributed by atoms with van der Waals surface area (Å²) < 4.78 is 43.5. The molecule has 1 fully saturated rings. The molecule has 1 amide bonds. The van der Waals surface area contributed by atoms with Crippen molar-refractivity contribution in [2.24, 2.45) is 0 Å². The minimum atomic E-state index is -4.59. The zero-order chi connectivity index (χ0) is 32.4. The number of piperazine rings is 1. The first-order valence-corrected chi connectivity index (χ1v) is 15.0. The summed E-state index contributed by atoms with van der Waals surface area (Å²) in [6.45, 7) is 8.48. The quantitative estimate of drug-likeness (QED) is 0.196. The molecule has 4 N–H and O–H groups in total. The first-order valence-electron chi connectivity index (χ1n) is 15.0. The Morgan fingerprint density at radius 1 is 0.957 bits per heavy atom. The Kier molecular flexibility index (Phi) is 8.61. The summed E-state index contributed by atoms with van der Waals surface area (Å²) in [4.78, 5) is 30.9. The smallest absolute Gasteiger partial charge is 0.384 e. The molecule has 0 aliphatic carbocycles. The van der Waals surface area contributed by atoms with E-state index in [0.717, 1.165) is 61.5 Å². The molecule has 238 valence electrons. The van der Waals surface area contributed by atoms with E-state index in [9.17, 15) is 18.0 Å². The maximum Gasteiger partial charge on any atom is 0.416 e. The Bertz CT molecular complexity index is 1880. The molecule has 46 heavy (non-hydrogen) atoms. The Morgan fingerprint density at radius 2 is 1.72 bits per heavy atom. The second-order valence-corrected chi connectivity index (χ2v) is 11.3. The second-order valence-electron chi connectivity index (χ2n) is 11.3. The van der Waals surface area contributed by atoms with Crippen molar-refractivity contribution >= 4 is 40.1 Å². The van der Waals surface area contributed by atoms with Crippen molar-refractivity contribution < 1.29 is 18.0 Å². The number of nitrogens with zero attached hydrogens (tertiary/aromatic N) is 6. The number of nitrogen functional groups attached to an aromatic ring is 1. The fourth-order valence-corrected chi connectivity index (χ4v) is 5.58. The van der Waals surface area contributed by atoms with E-state index in [-0.39, 0.29) is 5.56 Å². The summed E-state index contributed by atoms with van der Waals surface area (Å²) in [6, 6.07) is 18.0. The minimum absolute atomic E-state index is 0.0600. The predicted molar refractivity (Wildman–Crippen MR) is 172 cm³/mol. The van der Waals surface area contributed by atoms with E-state index in [1.807, 2.05) is 35.8 Å². The van der Waals surface area contributed by atoms with Crippen LogP contribution >= 0.6 is 0 Å². The van der Waals surface area contributed by atoms with Crippen molar-refractivity contribution in [2.75, 3.05) is 49.1 Å². The van der Waals surface area contributed by atoms with Gasteiger partial charge in [0.1, 0.15) is 18.0 Å². The van der Waals surface area contributed by atoms with Gasteiger partial charge in [-0.1, -0.05) is 25.1 Å². The van der Waals surface area contributed by atoms with E-state index in [1.165, 1.54) is 6.33 Å². The van der Waals surface area contributed by atoms with Crippen molar-refractivity contribution in [1.82, 2.24) is 29.3 Å². The Balaban J connectivity index is 1.26. The van der Waals surface area contributed by atoms with Crippen LogP contribution in [0.1, 0.15) is 34.0 Å². The van der Waals surface area contributed by atoms with Crippen LogP contribution in [0.4, 0.5) is 36.3 Å². The summed E-state index contributed by atoms with van der Waals surface area (Å²) in [7, 11) is 0. The number of benzene rings is 3. The third-order valence-corrected chi connectivity index (χ3v) is 8.11. The van der Waals surface area contributed by atoms with Crippen LogP contribution < -0.4 is 16.4 Å². The van der Waals surface area contributed by atoms with Gasteiger partial charge in [0.15, 0.2) is 0 Å². The van der Waals surface area contributed by atoms with Crippen molar-refractivity contribution in [3.05, 3.63) is 95.3 Å². The number of nitrogens with two attached hydrogens (primary N) is 1. The van der Waals surface area contributed by atoms with Crippen LogP contribution in [-0.2, 0) is 12.7 Å². The van der Waals surface area contributed by atoms with Gasteiger partial charge in [0, 0.05) is 55.7 Å². The van der Waals surface area contributed by atoms with Gasteiger partial charge in [-0.15, -0.1) is 0 Å². The summed E-state index contributed by atoms with van der Waals surface area (Å²) in [6.07, 6.45) is -3.22. The van der Waals surface area contributed by atoms with Gasteiger partial charge in [0.05, 0.1) is 16.6 Å². The first kappa shape index (κ1) is 31.0. The topological polar surface area (TPSA) is 117 Å². The maximum absolute atomic E-state index is 13.9. The summed E-state index contributed by atoms with van der Waals surface area (Å²) in [5, 5.41) is 6.12. The van der Waals surface area contributed by atoms with Gasteiger partial charge in [-0.2, -0.15) is 13.2 Å². The molecule has 2 aromatic heterocycles. The Hall–Kier alpha value is -5.01. The number of nitrogens with one attached hydrogen (secondary N) is 2. The normalized spacial score (nSPS) is 14.5. The summed E-state index contributed by atoms with van der Waals surface area (Å²) >= 11 is 0. The number of carbonyl (C=O) groups is 1. The average Bonchev–Trinajstić information content (AvgIpc) is 3.40. The van der Waals surface area contributed by atoms with Crippen LogP contribution in [0.2, 0.25) is 0 Å². The molecule has 3 aromatic carbocycles. The summed E-state index contributed by atoms with van der Waals surface area (Å²) in [5.74, 6) is 0.625. The number of rotatable bonds is 8. The highest BCUT2D eigenvalue weighted by atomic mass is 19.4. The molecule has 0 unspecified atom stereocenters. The number of hydrogen-bond donors (Lipinski definition) is 3. The zero-order valence-corrected chi connectivity index (χ0v) is 25.5. The molecular weight excluding hydrogens is 595 g/mol. The number of aryl methyl sites for hydroxylation is 1. The Morgan fingerprint density at radius 3 is 2.46 bits per heavy atom. The van der Waals surface area contributed by atoms with Crippen LogP contribution in [0.25, 0.3) is 16.9 Å². The molecule has 0 radical (unpaired) electrons. The SMILES string of the molecule is CCN1CCN(Cc2cc(C(=O)Nc3ccc(C)c(Nc4nc5ccccc5n4-c4cc(N)ncn4)c3)cc(C(F)(F)F)c2)CC1. The minimum Gasteiger partial charge on any atom is -0.384 e. The first-order chi connectivity index (χ1) is 22.1. The standard InChI is InChI=1S/C33H34F3N9O/c1-3-43-10-12-44(13-11-43)19-22-14-23(16-24(15-22)33(34,35)36)31(46)40-25-9-8-21(2)27(17-25)42-32-41-26-6-4-5-7-28(26)45(32)30-18-29(37)38-20-39-30/h4-9,14-18,20H,3,10-13,19H2,1-2H3,(H,40,46)(H,41,42)(H2,37,38,39). The van der Waals surface area contributed by atoms with Gasteiger partial charge in [0.2, 0.25) is 5.95 Å². The number of imidazole rings is 1. The fraction of sp³-hybridized carbons (Fsp3) is 0.273. The number of aromatic nitrogens is 4. The van der Waals surface area contributed by atoms with Crippen LogP contribution in [0.5, 0.6) is 0 Å². The third kappa shape index (κ3) is 6.80. The predicted octanol–water partition coefficient (Wildman–Crippen LogP) is 5.86. The number of amides is 1. The molecule has 0 spiro atoms. The molecule has 1 aliphatic heterocycles. The van der Waals surface area contributed by atoms with Crippen LogP contribution in [0.3, 0.4) is 0 Å². The van der Waals surface area contributed by atoms with Crippen LogP contribution in [0, 0.1) is 6.92 Å². The van der Waals surface area contributed by atoms with E-state index < -0.39 is 17.6 Å². The number of likely N-dealkylation sites (N-methyl/N-ethyl adjacent to an activating group) is 1. The van der Waals surface area contributed by atoms with E-state index in [0.29, 0.717) is 41.1 Å². The fourth-order valence-electron chi connectivity index (χ4n) is 5.58. The maximum atomic E-state index is 13.9. The van der Waals surface area contributed by atoms with E-state index in [4.69, 9.17) is 10.7 Å². The van der Waals surface area contributed by atoms with Crippen LogP contribution in [0.15, 0.2) is 73.1 Å². The van der Waals surface area contributed by atoms with Crippen LogP contribution in [-0.4, -0.2) is 67.9 Å². The summed E-state index contributed by atoms with van der Waals surface area (Å²) in [5.41, 5.74) is 8.87. The zero-order valence-electron chi connectivity index (χ0n) is 25.5. The number of halogens is 3. The van der Waals surface area contributed by atoms with Gasteiger partial charge >= 0.3 is 6.18 Å². The van der Waals surface area contributed by atoms with E-state index in [1.54, 1.807) is 30.3 Å². The molecule has 5 aromatic rings. The van der Waals surface area contributed by atoms with Gasteiger partial charge in [0.25, 0.3) is 5.91 Å². The number of anilines is 4. The molecular formula is C33H34F3N9O. The third-order valence-electron chi connectivity index (χ3n) is 8.11. The molecule has 10 nitrogen and oxygen atoms in total. The molecule has 3 heterocycles. The molecule has 0 bridgehead atoms. The number of carbonyl (C=O) groups excluding carboxylic acids is 1. The second kappa shape index (κ2) is 12.8. The van der Waals surface area contributed by atoms with Gasteiger partial charge in [-0.25, -0.2) is 15.0 Å². The number of fused-ring (bicyclic) bond motifs is 1. The van der Waals surface area contributed by atoms with Gasteiger partial charge < -0.3 is 21.3 Å². The van der Waals surface area contributed by atoms with Crippen molar-refractivity contribution in [1.29, 1.82) is 0 Å². The molecule has 6 rings (SSSR count). The molecule has 0 saturated carbocycles. The average molecular weight is 630 g/mol. The number of hydrogen-bond acceptors (Lipinski definition) is 8. The molecule has 0 atom stereocenters. The lowest BCUT2D eigenvalue weighted by Gasteiger charge is -2.34. The monoisotopic (exact) mass is 629 g/mol. The van der Waals surface area contributed by atoms with Crippen molar-refractivity contribution in [3.63, 3.8) is 0 Å².